The lowest BCUT2D eigenvalue weighted by Crippen LogP contribution is -2.40. The van der Waals surface area contributed by atoms with E-state index in [0.717, 1.165) is 0 Å². The van der Waals surface area contributed by atoms with Crippen molar-refractivity contribution in [1.29, 1.82) is 0 Å². The van der Waals surface area contributed by atoms with E-state index in [-0.39, 0.29) is 5.56 Å². The second kappa shape index (κ2) is 6.92. The Bertz CT molecular complexity index is 670. The average molecular weight is 346 g/mol. The molecule has 1 saturated carbocycles. The molecule has 1 N–H and O–H groups in total. The van der Waals surface area contributed by atoms with E-state index in [4.69, 9.17) is 0 Å². The lowest BCUT2D eigenvalue weighted by molar-refractivity contribution is -0.118. The number of carbonyl (C=O) groups is 1. The molecule has 1 fully saturated rings. The summed E-state index contributed by atoms with van der Waals surface area (Å²) in [5, 5.41) is 2.54. The van der Waals surface area contributed by atoms with E-state index in [9.17, 15) is 22.0 Å². The number of benzene rings is 1. The van der Waals surface area contributed by atoms with Crippen LogP contribution in [0.4, 0.5) is 8.78 Å². The van der Waals surface area contributed by atoms with Crippen molar-refractivity contribution in [2.45, 2.75) is 32.2 Å². The number of hydrogen-bond acceptors (Lipinski definition) is 3. The number of halogens is 2. The van der Waals surface area contributed by atoms with Gasteiger partial charge < -0.3 is 5.32 Å². The van der Waals surface area contributed by atoms with E-state index in [1.807, 2.05) is 0 Å². The van der Waals surface area contributed by atoms with Gasteiger partial charge in [0.25, 0.3) is 0 Å². The van der Waals surface area contributed by atoms with Crippen molar-refractivity contribution in [3.05, 3.63) is 35.4 Å². The maximum Gasteiger partial charge on any atom is 0.236 e. The summed E-state index contributed by atoms with van der Waals surface area (Å²) < 4.78 is 52.6. The molecule has 23 heavy (non-hydrogen) atoms. The van der Waals surface area contributed by atoms with Crippen LogP contribution in [0.3, 0.4) is 0 Å². The van der Waals surface area contributed by atoms with Crippen molar-refractivity contribution >= 4 is 15.9 Å². The van der Waals surface area contributed by atoms with Gasteiger partial charge in [0.15, 0.2) is 0 Å². The first-order valence-corrected chi connectivity index (χ1v) is 9.12. The van der Waals surface area contributed by atoms with Gasteiger partial charge in [0.05, 0.1) is 0 Å². The van der Waals surface area contributed by atoms with Gasteiger partial charge in [-0.15, -0.1) is 0 Å². The molecule has 5 nitrogen and oxygen atoms in total. The average Bonchev–Trinajstić information content (AvgIpc) is 3.17. The van der Waals surface area contributed by atoms with Crippen LogP contribution < -0.4 is 5.32 Å². The minimum Gasteiger partial charge on any atom is -0.352 e. The highest BCUT2D eigenvalue weighted by atomic mass is 32.2. The minimum atomic E-state index is -3.66. The lowest BCUT2D eigenvalue weighted by atomic mass is 10.1. The zero-order chi connectivity index (χ0) is 17.2. The van der Waals surface area contributed by atoms with Gasteiger partial charge in [-0.1, -0.05) is 19.9 Å². The SMILES string of the molecule is CCN(CC)S(=O)(=O)CC(=O)N[C@H]1C[C@@H]1c1c(F)cccc1F. The number of nitrogens with zero attached hydrogens (tertiary/aromatic N) is 1. The summed E-state index contributed by atoms with van der Waals surface area (Å²) in [6.45, 7) is 3.96. The van der Waals surface area contributed by atoms with Gasteiger partial charge in [-0.3, -0.25) is 4.79 Å². The van der Waals surface area contributed by atoms with E-state index >= 15 is 0 Å². The zero-order valence-electron chi connectivity index (χ0n) is 13.1. The predicted molar refractivity (Wildman–Crippen MR) is 82.4 cm³/mol. The fourth-order valence-corrected chi connectivity index (χ4v) is 4.04. The summed E-state index contributed by atoms with van der Waals surface area (Å²) in [6, 6.07) is 3.18. The summed E-state index contributed by atoms with van der Waals surface area (Å²) in [6.07, 6.45) is 0.398. The topological polar surface area (TPSA) is 66.5 Å². The fraction of sp³-hybridized carbons (Fsp3) is 0.533. The number of hydrogen-bond donors (Lipinski definition) is 1. The van der Waals surface area contributed by atoms with Crippen LogP contribution in [0.2, 0.25) is 0 Å². The minimum absolute atomic E-state index is 0.0515. The lowest BCUT2D eigenvalue weighted by Gasteiger charge is -2.18. The number of sulfonamides is 1. The van der Waals surface area contributed by atoms with Crippen molar-refractivity contribution in [1.82, 2.24) is 9.62 Å². The number of carbonyl (C=O) groups excluding carboxylic acids is 1. The fourth-order valence-electron chi connectivity index (χ4n) is 2.66. The van der Waals surface area contributed by atoms with E-state index in [0.29, 0.717) is 19.5 Å². The van der Waals surface area contributed by atoms with Crippen LogP contribution >= 0.6 is 0 Å². The summed E-state index contributed by atoms with van der Waals surface area (Å²) in [5.74, 6) is -3.06. The first-order chi connectivity index (χ1) is 10.8. The molecule has 8 heteroatoms. The van der Waals surface area contributed by atoms with Crippen LogP contribution in [0, 0.1) is 11.6 Å². The van der Waals surface area contributed by atoms with Gasteiger partial charge in [0.2, 0.25) is 15.9 Å². The normalized spacial score (nSPS) is 20.6. The van der Waals surface area contributed by atoms with Crippen LogP contribution in [-0.2, 0) is 14.8 Å². The van der Waals surface area contributed by atoms with Crippen molar-refractivity contribution in [3.8, 4) is 0 Å². The van der Waals surface area contributed by atoms with Crippen molar-refractivity contribution in [3.63, 3.8) is 0 Å². The van der Waals surface area contributed by atoms with Crippen LogP contribution in [-0.4, -0.2) is 43.5 Å². The largest absolute Gasteiger partial charge is 0.352 e. The van der Waals surface area contributed by atoms with Gasteiger partial charge in [0.1, 0.15) is 17.4 Å². The number of nitrogens with one attached hydrogen (secondary N) is 1. The Kier molecular flexibility index (Phi) is 5.36. The Hall–Kier alpha value is -1.54. The molecule has 128 valence electrons. The van der Waals surface area contributed by atoms with E-state index < -0.39 is 45.3 Å². The Morgan fingerprint density at radius 3 is 2.35 bits per heavy atom. The standard InChI is InChI=1S/C15H20F2N2O3S/c1-3-19(4-2)23(21,22)9-14(20)18-13-8-10(13)15-11(16)6-5-7-12(15)17/h5-7,10,13H,3-4,8-9H2,1-2H3,(H,18,20)/t10-,13-/m0/s1. The molecule has 0 radical (unpaired) electrons. The maximum atomic E-state index is 13.7. The molecule has 1 aliphatic carbocycles. The Morgan fingerprint density at radius 2 is 1.83 bits per heavy atom. The molecule has 1 aromatic rings. The third kappa shape index (κ3) is 4.06. The van der Waals surface area contributed by atoms with Gasteiger partial charge in [-0.05, 0) is 18.6 Å². The second-order valence-corrected chi connectivity index (χ2v) is 7.46. The molecule has 2 rings (SSSR count). The van der Waals surface area contributed by atoms with Gasteiger partial charge in [-0.25, -0.2) is 21.5 Å². The predicted octanol–water partition coefficient (Wildman–Crippen LogP) is 1.61. The molecular formula is C15H20F2N2O3S. The smallest absolute Gasteiger partial charge is 0.236 e. The Morgan fingerprint density at radius 1 is 1.26 bits per heavy atom. The van der Waals surface area contributed by atoms with Crippen molar-refractivity contribution < 1.29 is 22.0 Å². The Balaban J connectivity index is 1.96. The molecule has 0 spiro atoms. The van der Waals surface area contributed by atoms with Crippen LogP contribution in [0.15, 0.2) is 18.2 Å². The molecule has 0 aliphatic heterocycles. The van der Waals surface area contributed by atoms with Gasteiger partial charge >= 0.3 is 0 Å². The number of rotatable bonds is 7. The molecule has 2 atom stereocenters. The molecule has 1 aliphatic rings. The molecule has 0 unspecified atom stereocenters. The van der Waals surface area contributed by atoms with Crippen LogP contribution in [0.25, 0.3) is 0 Å². The highest BCUT2D eigenvalue weighted by Gasteiger charge is 2.43. The second-order valence-electron chi connectivity index (χ2n) is 5.49. The first-order valence-electron chi connectivity index (χ1n) is 7.51. The molecule has 0 heterocycles. The van der Waals surface area contributed by atoms with Crippen molar-refractivity contribution in [2.24, 2.45) is 0 Å². The maximum absolute atomic E-state index is 13.7. The quantitative estimate of drug-likeness (QED) is 0.816. The summed E-state index contributed by atoms with van der Waals surface area (Å²) >= 11 is 0. The highest BCUT2D eigenvalue weighted by molar-refractivity contribution is 7.89. The van der Waals surface area contributed by atoms with Crippen LogP contribution in [0.1, 0.15) is 31.7 Å². The zero-order valence-corrected chi connectivity index (χ0v) is 13.9. The third-order valence-corrected chi connectivity index (χ3v) is 5.85. The third-order valence-electron chi connectivity index (χ3n) is 3.92. The molecule has 1 amide bonds. The molecule has 0 saturated heterocycles. The Labute approximate surface area is 134 Å². The highest BCUT2D eigenvalue weighted by Crippen LogP contribution is 2.43. The number of amides is 1. The van der Waals surface area contributed by atoms with E-state index in [1.54, 1.807) is 13.8 Å². The van der Waals surface area contributed by atoms with Crippen LogP contribution in [0.5, 0.6) is 0 Å². The monoisotopic (exact) mass is 346 g/mol. The summed E-state index contributed by atoms with van der Waals surface area (Å²) in [7, 11) is -3.66. The van der Waals surface area contributed by atoms with E-state index in [1.165, 1.54) is 22.5 Å². The summed E-state index contributed by atoms with van der Waals surface area (Å²) in [5.41, 5.74) is -0.0515. The molecular weight excluding hydrogens is 326 g/mol. The van der Waals surface area contributed by atoms with Gasteiger partial charge in [-0.2, -0.15) is 0 Å². The first kappa shape index (κ1) is 17.8. The van der Waals surface area contributed by atoms with Gasteiger partial charge in [0, 0.05) is 30.6 Å². The van der Waals surface area contributed by atoms with E-state index in [2.05, 4.69) is 5.32 Å². The van der Waals surface area contributed by atoms with Crippen molar-refractivity contribution in [2.75, 3.05) is 18.8 Å². The molecule has 1 aromatic carbocycles. The molecule has 0 bridgehead atoms. The summed E-state index contributed by atoms with van der Waals surface area (Å²) in [4.78, 5) is 11.9. The molecule has 0 aromatic heterocycles.